The maximum atomic E-state index is 5.57. The van der Waals surface area contributed by atoms with Crippen molar-refractivity contribution in [2.75, 3.05) is 6.54 Å². The van der Waals surface area contributed by atoms with Crippen LogP contribution < -0.4 is 5.73 Å². The van der Waals surface area contributed by atoms with E-state index >= 15 is 0 Å². The van der Waals surface area contributed by atoms with Gasteiger partial charge in [0.1, 0.15) is 0 Å². The van der Waals surface area contributed by atoms with Crippen LogP contribution in [0.2, 0.25) is 0 Å². The van der Waals surface area contributed by atoms with Gasteiger partial charge in [0.05, 0.1) is 16.4 Å². The molecule has 1 unspecified atom stereocenters. The maximum Gasteiger partial charge on any atom is 0.0635 e. The van der Waals surface area contributed by atoms with Gasteiger partial charge in [0, 0.05) is 12.0 Å². The van der Waals surface area contributed by atoms with E-state index in [1.165, 1.54) is 5.69 Å². The molecule has 1 rings (SSSR count). The summed E-state index contributed by atoms with van der Waals surface area (Å²) in [6.07, 6.45) is 2.86. The van der Waals surface area contributed by atoms with Gasteiger partial charge in [-0.3, -0.25) is 4.68 Å². The molecule has 0 fully saturated rings. The zero-order valence-electron chi connectivity index (χ0n) is 9.00. The molecule has 2 N–H and O–H groups in total. The molecular formula is C10H18BrN3. The minimum atomic E-state index is 0.400. The Morgan fingerprint density at radius 1 is 1.50 bits per heavy atom. The van der Waals surface area contributed by atoms with Crippen molar-refractivity contribution in [1.29, 1.82) is 0 Å². The third kappa shape index (κ3) is 2.36. The number of hydrogen-bond donors (Lipinski definition) is 1. The van der Waals surface area contributed by atoms with Crippen molar-refractivity contribution in [2.24, 2.45) is 5.73 Å². The highest BCUT2D eigenvalue weighted by molar-refractivity contribution is 9.10. The van der Waals surface area contributed by atoms with Gasteiger partial charge in [0.25, 0.3) is 0 Å². The summed E-state index contributed by atoms with van der Waals surface area (Å²) in [6, 6.07) is 0.400. The summed E-state index contributed by atoms with van der Waals surface area (Å²) >= 11 is 3.53. The number of nitrogens with zero attached hydrogens (tertiary/aromatic N) is 2. The van der Waals surface area contributed by atoms with E-state index in [0.717, 1.165) is 17.4 Å². The Kier molecular flexibility index (Phi) is 4.13. The van der Waals surface area contributed by atoms with Crippen molar-refractivity contribution < 1.29 is 0 Å². The molecule has 0 spiro atoms. The predicted octanol–water partition coefficient (Wildman–Crippen LogP) is 2.68. The first kappa shape index (κ1) is 11.7. The molecule has 1 heterocycles. The molecule has 3 nitrogen and oxygen atoms in total. The van der Waals surface area contributed by atoms with Crippen LogP contribution in [0.25, 0.3) is 0 Å². The monoisotopic (exact) mass is 259 g/mol. The van der Waals surface area contributed by atoms with E-state index in [2.05, 4.69) is 46.5 Å². The molecule has 14 heavy (non-hydrogen) atoms. The molecule has 1 aromatic heterocycles. The van der Waals surface area contributed by atoms with E-state index in [4.69, 9.17) is 5.73 Å². The van der Waals surface area contributed by atoms with Crippen LogP contribution in [0.3, 0.4) is 0 Å². The number of nitrogens with two attached hydrogens (primary N) is 1. The Morgan fingerprint density at radius 3 is 2.64 bits per heavy atom. The van der Waals surface area contributed by atoms with Gasteiger partial charge in [0.2, 0.25) is 0 Å². The minimum Gasteiger partial charge on any atom is -0.330 e. The number of aromatic nitrogens is 2. The maximum absolute atomic E-state index is 5.57. The molecule has 0 aromatic carbocycles. The number of hydrogen-bond acceptors (Lipinski definition) is 2. The van der Waals surface area contributed by atoms with Crippen molar-refractivity contribution in [3.63, 3.8) is 0 Å². The Bertz CT molecular complexity index is 294. The lowest BCUT2D eigenvalue weighted by molar-refractivity contribution is 0.483. The van der Waals surface area contributed by atoms with E-state index < -0.39 is 0 Å². The molecule has 0 amide bonds. The molecule has 0 aliphatic rings. The van der Waals surface area contributed by atoms with E-state index in [0.29, 0.717) is 12.0 Å². The standard InChI is InChI=1S/C10H18BrN3/c1-7(2)14-10(8(3)4-5-12)9(11)6-13-14/h6-8H,4-5,12H2,1-3H3. The van der Waals surface area contributed by atoms with Gasteiger partial charge in [-0.25, -0.2) is 0 Å². The Hall–Kier alpha value is -0.350. The van der Waals surface area contributed by atoms with Crippen LogP contribution in [0.5, 0.6) is 0 Å². The molecule has 1 atom stereocenters. The van der Waals surface area contributed by atoms with Crippen LogP contribution in [0.4, 0.5) is 0 Å². The molecule has 0 bridgehead atoms. The second-order valence-electron chi connectivity index (χ2n) is 3.89. The summed E-state index contributed by atoms with van der Waals surface area (Å²) < 4.78 is 3.15. The third-order valence-electron chi connectivity index (χ3n) is 2.34. The lowest BCUT2D eigenvalue weighted by atomic mass is 10.0. The summed E-state index contributed by atoms with van der Waals surface area (Å²) in [6.45, 7) is 7.18. The largest absolute Gasteiger partial charge is 0.330 e. The zero-order chi connectivity index (χ0) is 10.7. The van der Waals surface area contributed by atoms with Crippen molar-refractivity contribution in [3.05, 3.63) is 16.4 Å². The molecule has 0 radical (unpaired) electrons. The fraction of sp³-hybridized carbons (Fsp3) is 0.700. The smallest absolute Gasteiger partial charge is 0.0635 e. The topological polar surface area (TPSA) is 43.8 Å². The van der Waals surface area contributed by atoms with Crippen LogP contribution in [-0.2, 0) is 0 Å². The summed E-state index contributed by atoms with van der Waals surface area (Å²) in [7, 11) is 0. The molecule has 0 saturated carbocycles. The summed E-state index contributed by atoms with van der Waals surface area (Å²) in [4.78, 5) is 0. The number of rotatable bonds is 4. The second-order valence-corrected chi connectivity index (χ2v) is 4.75. The Labute approximate surface area is 93.8 Å². The van der Waals surface area contributed by atoms with Gasteiger partial charge in [-0.1, -0.05) is 6.92 Å². The first-order valence-electron chi connectivity index (χ1n) is 5.00. The SMILES string of the molecule is CC(CCN)c1c(Br)cnn1C(C)C. The second kappa shape index (κ2) is 4.94. The fourth-order valence-electron chi connectivity index (χ4n) is 1.61. The van der Waals surface area contributed by atoms with Gasteiger partial charge >= 0.3 is 0 Å². The van der Waals surface area contributed by atoms with Crippen LogP contribution in [0.15, 0.2) is 10.7 Å². The zero-order valence-corrected chi connectivity index (χ0v) is 10.6. The van der Waals surface area contributed by atoms with Crippen molar-refractivity contribution in [2.45, 2.75) is 39.2 Å². The number of halogens is 1. The Morgan fingerprint density at radius 2 is 2.14 bits per heavy atom. The van der Waals surface area contributed by atoms with Crippen LogP contribution in [-0.4, -0.2) is 16.3 Å². The quantitative estimate of drug-likeness (QED) is 0.904. The van der Waals surface area contributed by atoms with Gasteiger partial charge in [0.15, 0.2) is 0 Å². The molecule has 0 aliphatic carbocycles. The lowest BCUT2D eigenvalue weighted by Gasteiger charge is -2.16. The van der Waals surface area contributed by atoms with Crippen LogP contribution in [0.1, 0.15) is 44.8 Å². The molecule has 0 aliphatic heterocycles. The first-order chi connectivity index (χ1) is 6.57. The molecule has 1 aromatic rings. The van der Waals surface area contributed by atoms with Crippen molar-refractivity contribution in [3.8, 4) is 0 Å². The predicted molar refractivity (Wildman–Crippen MR) is 62.4 cm³/mol. The molecule has 80 valence electrons. The highest BCUT2D eigenvalue weighted by Gasteiger charge is 2.16. The summed E-state index contributed by atoms with van der Waals surface area (Å²) in [5.41, 5.74) is 6.82. The van der Waals surface area contributed by atoms with Crippen LogP contribution in [0, 0.1) is 0 Å². The highest BCUT2D eigenvalue weighted by Crippen LogP contribution is 2.28. The van der Waals surface area contributed by atoms with E-state index in [1.807, 2.05) is 6.20 Å². The van der Waals surface area contributed by atoms with Crippen molar-refractivity contribution in [1.82, 2.24) is 9.78 Å². The third-order valence-corrected chi connectivity index (χ3v) is 2.95. The fourth-order valence-corrected chi connectivity index (χ4v) is 2.27. The van der Waals surface area contributed by atoms with Gasteiger partial charge in [-0.2, -0.15) is 5.10 Å². The minimum absolute atomic E-state index is 0.400. The average molecular weight is 260 g/mol. The summed E-state index contributed by atoms with van der Waals surface area (Å²) in [5.74, 6) is 0.458. The van der Waals surface area contributed by atoms with Gasteiger partial charge in [-0.05, 0) is 42.7 Å². The molecular weight excluding hydrogens is 242 g/mol. The van der Waals surface area contributed by atoms with E-state index in [-0.39, 0.29) is 0 Å². The molecule has 4 heteroatoms. The molecule has 0 saturated heterocycles. The van der Waals surface area contributed by atoms with Gasteiger partial charge in [-0.15, -0.1) is 0 Å². The van der Waals surface area contributed by atoms with E-state index in [9.17, 15) is 0 Å². The highest BCUT2D eigenvalue weighted by atomic mass is 79.9. The van der Waals surface area contributed by atoms with E-state index in [1.54, 1.807) is 0 Å². The average Bonchev–Trinajstić information content (AvgIpc) is 2.47. The summed E-state index contributed by atoms with van der Waals surface area (Å²) in [5, 5.41) is 4.35. The van der Waals surface area contributed by atoms with Crippen LogP contribution >= 0.6 is 15.9 Å². The Balaban J connectivity index is 2.98. The first-order valence-corrected chi connectivity index (χ1v) is 5.80. The van der Waals surface area contributed by atoms with Gasteiger partial charge < -0.3 is 5.73 Å². The normalized spacial score (nSPS) is 13.6. The van der Waals surface area contributed by atoms with Crippen molar-refractivity contribution >= 4 is 15.9 Å². The lowest BCUT2D eigenvalue weighted by Crippen LogP contribution is -2.13.